The molecule has 0 bridgehead atoms. The van der Waals surface area contributed by atoms with Crippen LogP contribution in [0.15, 0.2) is 12.4 Å². The topological polar surface area (TPSA) is 62.3 Å². The molecule has 2 atom stereocenters. The van der Waals surface area contributed by atoms with Crippen molar-refractivity contribution in [1.29, 1.82) is 0 Å². The van der Waals surface area contributed by atoms with Gasteiger partial charge in [0.05, 0.1) is 5.60 Å². The van der Waals surface area contributed by atoms with Crippen LogP contribution in [0.1, 0.15) is 19.3 Å². The molecule has 0 radical (unpaired) electrons. The third-order valence-electron chi connectivity index (χ3n) is 4.16. The van der Waals surface area contributed by atoms with Gasteiger partial charge < -0.3 is 20.3 Å². The maximum Gasteiger partial charge on any atom is 0.133 e. The van der Waals surface area contributed by atoms with Gasteiger partial charge in [-0.1, -0.05) is 0 Å². The van der Waals surface area contributed by atoms with Crippen molar-refractivity contribution in [1.82, 2.24) is 15.3 Å². The Morgan fingerprint density at radius 3 is 3.10 bits per heavy atom. The van der Waals surface area contributed by atoms with Crippen molar-refractivity contribution >= 4 is 11.6 Å². The Bertz CT molecular complexity index is 459. The molecule has 3 rings (SSSR count). The van der Waals surface area contributed by atoms with Crippen LogP contribution in [0.5, 0.6) is 0 Å². The number of rotatable bonds is 3. The van der Waals surface area contributed by atoms with E-state index in [9.17, 15) is 0 Å². The fraction of sp³-hybridized carbons (Fsp3) is 0.714. The minimum Gasteiger partial charge on any atom is -0.373 e. The Labute approximate surface area is 119 Å². The highest BCUT2D eigenvalue weighted by Gasteiger charge is 2.40. The molecule has 1 aromatic heterocycles. The maximum absolute atomic E-state index is 6.01. The fourth-order valence-corrected chi connectivity index (χ4v) is 3.05. The summed E-state index contributed by atoms with van der Waals surface area (Å²) in [5, 5.41) is 6.95. The molecule has 2 N–H and O–H groups in total. The van der Waals surface area contributed by atoms with Gasteiger partial charge in [0.1, 0.15) is 18.0 Å². The van der Waals surface area contributed by atoms with Gasteiger partial charge in [-0.3, -0.25) is 0 Å². The van der Waals surface area contributed by atoms with E-state index in [4.69, 9.17) is 4.74 Å². The van der Waals surface area contributed by atoms with E-state index < -0.39 is 0 Å². The zero-order valence-corrected chi connectivity index (χ0v) is 12.2. The standard InChI is InChI=1S/C14H23N5O/c1-19(2)13-7-12(16-10-17-13)18-11-3-6-20-14(8-11)4-5-15-9-14/h7,10-11,15H,3-6,8-9H2,1-2H3,(H,16,17,18)/t11-,14+/m0/s1. The Balaban J connectivity index is 1.66. The average Bonchev–Trinajstić information content (AvgIpc) is 2.87. The molecule has 0 saturated carbocycles. The van der Waals surface area contributed by atoms with Gasteiger partial charge in [-0.2, -0.15) is 0 Å². The molecule has 1 spiro atoms. The highest BCUT2D eigenvalue weighted by atomic mass is 16.5. The Morgan fingerprint density at radius 1 is 1.45 bits per heavy atom. The van der Waals surface area contributed by atoms with Crippen molar-refractivity contribution in [2.75, 3.05) is 44.0 Å². The lowest BCUT2D eigenvalue weighted by Gasteiger charge is -2.38. The molecular weight excluding hydrogens is 254 g/mol. The highest BCUT2D eigenvalue weighted by molar-refractivity contribution is 5.47. The van der Waals surface area contributed by atoms with Gasteiger partial charge >= 0.3 is 0 Å². The summed E-state index contributed by atoms with van der Waals surface area (Å²) < 4.78 is 6.01. The van der Waals surface area contributed by atoms with Crippen molar-refractivity contribution < 1.29 is 4.74 Å². The van der Waals surface area contributed by atoms with Crippen LogP contribution < -0.4 is 15.5 Å². The molecule has 2 fully saturated rings. The normalized spacial score (nSPS) is 29.6. The summed E-state index contributed by atoms with van der Waals surface area (Å²) in [5.41, 5.74) is 0.0350. The molecule has 6 heteroatoms. The number of hydrogen-bond acceptors (Lipinski definition) is 6. The Kier molecular flexibility index (Phi) is 3.76. The van der Waals surface area contributed by atoms with E-state index in [1.807, 2.05) is 25.1 Å². The lowest BCUT2D eigenvalue weighted by molar-refractivity contribution is -0.0673. The van der Waals surface area contributed by atoms with Gasteiger partial charge in [-0.15, -0.1) is 0 Å². The molecule has 2 aliphatic rings. The predicted octanol–water partition coefficient (Wildman–Crippen LogP) is 0.866. The van der Waals surface area contributed by atoms with Crippen LogP contribution in [-0.2, 0) is 4.74 Å². The highest BCUT2D eigenvalue weighted by Crippen LogP contribution is 2.31. The summed E-state index contributed by atoms with van der Waals surface area (Å²) in [6, 6.07) is 2.42. The quantitative estimate of drug-likeness (QED) is 0.855. The number of anilines is 2. The first kappa shape index (κ1) is 13.6. The second kappa shape index (κ2) is 5.54. The van der Waals surface area contributed by atoms with Crippen molar-refractivity contribution in [3.05, 3.63) is 12.4 Å². The first-order valence-corrected chi connectivity index (χ1v) is 7.27. The number of nitrogens with one attached hydrogen (secondary N) is 2. The molecule has 0 aliphatic carbocycles. The van der Waals surface area contributed by atoms with E-state index in [2.05, 4.69) is 20.6 Å². The van der Waals surface area contributed by atoms with Crippen LogP contribution in [0, 0.1) is 0 Å². The van der Waals surface area contributed by atoms with Gasteiger partial charge in [-0.25, -0.2) is 9.97 Å². The zero-order valence-electron chi connectivity index (χ0n) is 12.2. The molecule has 0 aromatic carbocycles. The van der Waals surface area contributed by atoms with Crippen molar-refractivity contribution in [3.8, 4) is 0 Å². The van der Waals surface area contributed by atoms with Gasteiger partial charge in [0.15, 0.2) is 0 Å². The molecule has 0 unspecified atom stereocenters. The predicted molar refractivity (Wildman–Crippen MR) is 79.2 cm³/mol. The number of aromatic nitrogens is 2. The summed E-state index contributed by atoms with van der Waals surface area (Å²) in [4.78, 5) is 10.6. The van der Waals surface area contributed by atoms with Crippen LogP contribution in [-0.4, -0.2) is 55.4 Å². The molecule has 0 amide bonds. The minimum atomic E-state index is 0.0350. The molecule has 3 heterocycles. The monoisotopic (exact) mass is 277 g/mol. The molecule has 1 aromatic rings. The lowest BCUT2D eigenvalue weighted by Crippen LogP contribution is -2.46. The van der Waals surface area contributed by atoms with Gasteiger partial charge in [0.2, 0.25) is 0 Å². The smallest absolute Gasteiger partial charge is 0.133 e. The van der Waals surface area contributed by atoms with Gasteiger partial charge in [-0.05, 0) is 25.8 Å². The number of ether oxygens (including phenoxy) is 1. The number of nitrogens with zero attached hydrogens (tertiary/aromatic N) is 3. The third kappa shape index (κ3) is 2.86. The van der Waals surface area contributed by atoms with Gasteiger partial charge in [0.25, 0.3) is 0 Å². The van der Waals surface area contributed by atoms with Crippen LogP contribution in [0.2, 0.25) is 0 Å². The molecule has 2 saturated heterocycles. The first-order valence-electron chi connectivity index (χ1n) is 7.27. The second-order valence-corrected chi connectivity index (χ2v) is 5.95. The zero-order chi connectivity index (χ0) is 14.0. The van der Waals surface area contributed by atoms with E-state index in [1.54, 1.807) is 6.33 Å². The molecule has 110 valence electrons. The van der Waals surface area contributed by atoms with E-state index in [0.717, 1.165) is 50.6 Å². The first-order chi connectivity index (χ1) is 9.67. The van der Waals surface area contributed by atoms with Crippen molar-refractivity contribution in [3.63, 3.8) is 0 Å². The fourth-order valence-electron chi connectivity index (χ4n) is 3.05. The van der Waals surface area contributed by atoms with Crippen molar-refractivity contribution in [2.45, 2.75) is 30.9 Å². The molecule has 20 heavy (non-hydrogen) atoms. The summed E-state index contributed by atoms with van der Waals surface area (Å²) in [5.74, 6) is 1.82. The van der Waals surface area contributed by atoms with Crippen LogP contribution in [0.4, 0.5) is 11.6 Å². The molecule has 6 nitrogen and oxygen atoms in total. The second-order valence-electron chi connectivity index (χ2n) is 5.95. The molecule has 2 aliphatic heterocycles. The summed E-state index contributed by atoms with van der Waals surface area (Å²) in [6.45, 7) is 2.86. The van der Waals surface area contributed by atoms with Gasteiger partial charge in [0, 0.05) is 39.4 Å². The summed E-state index contributed by atoms with van der Waals surface area (Å²) in [6.07, 6.45) is 4.80. The van der Waals surface area contributed by atoms with Crippen LogP contribution in [0.25, 0.3) is 0 Å². The summed E-state index contributed by atoms with van der Waals surface area (Å²) in [7, 11) is 3.97. The van der Waals surface area contributed by atoms with E-state index in [-0.39, 0.29) is 5.60 Å². The summed E-state index contributed by atoms with van der Waals surface area (Å²) >= 11 is 0. The van der Waals surface area contributed by atoms with Crippen LogP contribution >= 0.6 is 0 Å². The Morgan fingerprint density at radius 2 is 2.35 bits per heavy atom. The minimum absolute atomic E-state index is 0.0350. The molecular formula is C14H23N5O. The van der Waals surface area contributed by atoms with Crippen molar-refractivity contribution in [2.24, 2.45) is 0 Å². The average molecular weight is 277 g/mol. The number of hydrogen-bond donors (Lipinski definition) is 2. The van der Waals surface area contributed by atoms with E-state index in [0.29, 0.717) is 6.04 Å². The third-order valence-corrected chi connectivity index (χ3v) is 4.16. The van der Waals surface area contributed by atoms with E-state index >= 15 is 0 Å². The van der Waals surface area contributed by atoms with E-state index in [1.165, 1.54) is 0 Å². The lowest BCUT2D eigenvalue weighted by atomic mass is 9.89. The maximum atomic E-state index is 6.01. The largest absolute Gasteiger partial charge is 0.373 e. The van der Waals surface area contributed by atoms with Crippen LogP contribution in [0.3, 0.4) is 0 Å². The Hall–Kier alpha value is -1.40. The SMILES string of the molecule is CN(C)c1cc(N[C@H]2CCO[C@]3(CCNC3)C2)ncn1.